The first kappa shape index (κ1) is 11.2. The number of nitrogens with zero attached hydrogens (tertiary/aromatic N) is 1. The molecule has 0 atom stereocenters. The number of nitrogens with one attached hydrogen (secondary N) is 1. The van der Waals surface area contributed by atoms with Crippen LogP contribution in [0.3, 0.4) is 0 Å². The molecule has 0 fully saturated rings. The minimum atomic E-state index is -0.0615. The average Bonchev–Trinajstić information content (AvgIpc) is 2.11. The molecule has 0 aliphatic carbocycles. The molecule has 0 aliphatic heterocycles. The normalized spacial score (nSPS) is 9.50. The first-order valence-corrected chi connectivity index (χ1v) is 4.43. The third-order valence-electron chi connectivity index (χ3n) is 1.59. The van der Waals surface area contributed by atoms with Crippen molar-refractivity contribution in [2.45, 2.75) is 26.7 Å². The summed E-state index contributed by atoms with van der Waals surface area (Å²) in [5, 5.41) is 1.57. The van der Waals surface area contributed by atoms with E-state index in [0.29, 0.717) is 6.54 Å². The molecule has 0 saturated heterocycles. The molecule has 70 valence electrons. The van der Waals surface area contributed by atoms with Gasteiger partial charge in [0.1, 0.15) is 0 Å². The summed E-state index contributed by atoms with van der Waals surface area (Å²) in [4.78, 5) is 11.1. The lowest BCUT2D eigenvalue weighted by Crippen LogP contribution is -2.42. The van der Waals surface area contributed by atoms with E-state index >= 15 is 0 Å². The van der Waals surface area contributed by atoms with Gasteiger partial charge in [0.25, 0.3) is 5.91 Å². The predicted octanol–water partition coefficient (Wildman–Crippen LogP) is 1.33. The zero-order valence-corrected chi connectivity index (χ0v) is 7.97. The van der Waals surface area contributed by atoms with Crippen molar-refractivity contribution in [3.8, 4) is 0 Å². The summed E-state index contributed by atoms with van der Waals surface area (Å²) in [6, 6.07) is 0. The number of carbonyl (C=O) groups excluding carboxylic acids is 1. The first-order chi connectivity index (χ1) is 5.76. The zero-order valence-electron chi connectivity index (χ0n) is 7.97. The third kappa shape index (κ3) is 4.13. The molecule has 0 bridgehead atoms. The summed E-state index contributed by atoms with van der Waals surface area (Å²) in [5.41, 5.74) is 3.03. The zero-order chi connectivity index (χ0) is 9.40. The molecule has 0 aromatic rings. The third-order valence-corrected chi connectivity index (χ3v) is 1.59. The number of amides is 1. The van der Waals surface area contributed by atoms with Gasteiger partial charge in [-0.1, -0.05) is 19.9 Å². The number of hydrazine groups is 1. The highest BCUT2D eigenvalue weighted by atomic mass is 16.2. The van der Waals surface area contributed by atoms with Crippen LogP contribution in [0.1, 0.15) is 26.7 Å². The van der Waals surface area contributed by atoms with E-state index in [4.69, 9.17) is 0 Å². The molecule has 0 aliphatic rings. The molecule has 1 amide bonds. The van der Waals surface area contributed by atoms with Crippen molar-refractivity contribution in [3.05, 3.63) is 12.7 Å². The minimum absolute atomic E-state index is 0.0615. The maximum absolute atomic E-state index is 11.1. The van der Waals surface area contributed by atoms with Crippen LogP contribution in [-0.4, -0.2) is 24.0 Å². The first-order valence-electron chi connectivity index (χ1n) is 4.43. The molecule has 0 radical (unpaired) electrons. The van der Waals surface area contributed by atoms with Gasteiger partial charge in [0.2, 0.25) is 0 Å². The second kappa shape index (κ2) is 6.85. The highest BCUT2D eigenvalue weighted by Crippen LogP contribution is 1.88. The molecule has 0 spiro atoms. The van der Waals surface area contributed by atoms with E-state index in [1.54, 1.807) is 5.01 Å². The van der Waals surface area contributed by atoms with Crippen LogP contribution in [0.15, 0.2) is 12.7 Å². The Morgan fingerprint density at radius 1 is 1.58 bits per heavy atom. The summed E-state index contributed by atoms with van der Waals surface area (Å²) < 4.78 is 0. The minimum Gasteiger partial charge on any atom is -0.275 e. The van der Waals surface area contributed by atoms with Crippen molar-refractivity contribution in [1.29, 1.82) is 0 Å². The van der Waals surface area contributed by atoms with Gasteiger partial charge in [0.05, 0.1) is 0 Å². The predicted molar refractivity (Wildman–Crippen MR) is 50.5 cm³/mol. The van der Waals surface area contributed by atoms with Crippen molar-refractivity contribution in [2.24, 2.45) is 0 Å². The van der Waals surface area contributed by atoms with Gasteiger partial charge in [-0.25, -0.2) is 5.43 Å². The molecule has 0 aromatic heterocycles. The molecule has 3 nitrogen and oxygen atoms in total. The molecule has 0 heterocycles. The van der Waals surface area contributed by atoms with Gasteiger partial charge in [0, 0.05) is 13.1 Å². The topological polar surface area (TPSA) is 32.3 Å². The van der Waals surface area contributed by atoms with E-state index in [-0.39, 0.29) is 5.91 Å². The standard InChI is InChI=1S/C9H18N2O/c1-4-7-8-10-11(6-3)9(12)5-2/h5,10H,2,4,6-8H2,1,3H3. The largest absolute Gasteiger partial charge is 0.275 e. The molecule has 12 heavy (non-hydrogen) atoms. The Labute approximate surface area is 74.4 Å². The lowest BCUT2D eigenvalue weighted by Gasteiger charge is -2.19. The number of likely N-dealkylation sites (N-methyl/N-ethyl adjacent to an activating group) is 1. The van der Waals surface area contributed by atoms with Gasteiger partial charge in [-0.2, -0.15) is 0 Å². The Bertz CT molecular complexity index is 145. The monoisotopic (exact) mass is 170 g/mol. The van der Waals surface area contributed by atoms with Gasteiger partial charge < -0.3 is 0 Å². The Morgan fingerprint density at radius 2 is 2.25 bits per heavy atom. The summed E-state index contributed by atoms with van der Waals surface area (Å²) in [5.74, 6) is -0.0615. The van der Waals surface area contributed by atoms with E-state index in [1.807, 2.05) is 6.92 Å². The van der Waals surface area contributed by atoms with Crippen molar-refractivity contribution in [3.63, 3.8) is 0 Å². The second-order valence-corrected chi connectivity index (χ2v) is 2.55. The van der Waals surface area contributed by atoms with Crippen LogP contribution in [0.2, 0.25) is 0 Å². The van der Waals surface area contributed by atoms with E-state index in [9.17, 15) is 4.79 Å². The van der Waals surface area contributed by atoms with E-state index in [2.05, 4.69) is 18.9 Å². The Hall–Kier alpha value is -0.830. The Kier molecular flexibility index (Phi) is 6.38. The van der Waals surface area contributed by atoms with E-state index < -0.39 is 0 Å². The molecule has 0 aromatic carbocycles. The number of rotatable bonds is 6. The molecule has 0 unspecified atom stereocenters. The fourth-order valence-corrected chi connectivity index (χ4v) is 0.847. The van der Waals surface area contributed by atoms with Gasteiger partial charge in [0.15, 0.2) is 0 Å². The van der Waals surface area contributed by atoms with Crippen molar-refractivity contribution >= 4 is 5.91 Å². The quantitative estimate of drug-likeness (QED) is 0.370. The number of unbranched alkanes of at least 4 members (excludes halogenated alkanes) is 1. The molecular weight excluding hydrogens is 152 g/mol. The maximum atomic E-state index is 11.1. The molecule has 1 N–H and O–H groups in total. The lowest BCUT2D eigenvalue weighted by atomic mass is 10.3. The molecule has 0 rings (SSSR count). The van der Waals surface area contributed by atoms with E-state index in [1.165, 1.54) is 6.08 Å². The summed E-state index contributed by atoms with van der Waals surface area (Å²) >= 11 is 0. The highest BCUT2D eigenvalue weighted by Gasteiger charge is 2.04. The van der Waals surface area contributed by atoms with Crippen molar-refractivity contribution in [1.82, 2.24) is 10.4 Å². The van der Waals surface area contributed by atoms with Gasteiger partial charge in [-0.3, -0.25) is 9.80 Å². The van der Waals surface area contributed by atoms with Crippen molar-refractivity contribution in [2.75, 3.05) is 13.1 Å². The van der Waals surface area contributed by atoms with Crippen LogP contribution in [0, 0.1) is 0 Å². The fraction of sp³-hybridized carbons (Fsp3) is 0.667. The summed E-state index contributed by atoms with van der Waals surface area (Å²) in [6.45, 7) is 9.00. The van der Waals surface area contributed by atoms with Crippen LogP contribution in [0.5, 0.6) is 0 Å². The van der Waals surface area contributed by atoms with Gasteiger partial charge in [-0.15, -0.1) is 0 Å². The smallest absolute Gasteiger partial charge is 0.260 e. The second-order valence-electron chi connectivity index (χ2n) is 2.55. The summed E-state index contributed by atoms with van der Waals surface area (Å²) in [7, 11) is 0. The Morgan fingerprint density at radius 3 is 2.67 bits per heavy atom. The SMILES string of the molecule is C=CC(=O)N(CC)NCCCC. The number of carbonyl (C=O) groups is 1. The van der Waals surface area contributed by atoms with Crippen LogP contribution >= 0.6 is 0 Å². The van der Waals surface area contributed by atoms with Gasteiger partial charge >= 0.3 is 0 Å². The lowest BCUT2D eigenvalue weighted by molar-refractivity contribution is -0.128. The molecule has 3 heteroatoms. The van der Waals surface area contributed by atoms with Crippen LogP contribution < -0.4 is 5.43 Å². The van der Waals surface area contributed by atoms with Crippen molar-refractivity contribution < 1.29 is 4.79 Å². The molecular formula is C9H18N2O. The van der Waals surface area contributed by atoms with E-state index in [0.717, 1.165) is 19.4 Å². The number of hydrogen-bond donors (Lipinski definition) is 1. The Balaban J connectivity index is 3.67. The van der Waals surface area contributed by atoms with Gasteiger partial charge in [-0.05, 0) is 19.4 Å². The average molecular weight is 170 g/mol. The van der Waals surface area contributed by atoms with Crippen LogP contribution in [-0.2, 0) is 4.79 Å². The number of hydrogen-bond acceptors (Lipinski definition) is 2. The maximum Gasteiger partial charge on any atom is 0.260 e. The molecule has 0 saturated carbocycles. The van der Waals surface area contributed by atoms with Crippen LogP contribution in [0.4, 0.5) is 0 Å². The highest BCUT2D eigenvalue weighted by molar-refractivity contribution is 5.86. The fourth-order valence-electron chi connectivity index (χ4n) is 0.847. The van der Waals surface area contributed by atoms with Crippen LogP contribution in [0.25, 0.3) is 0 Å². The summed E-state index contributed by atoms with van der Waals surface area (Å²) in [6.07, 6.45) is 3.54.